The number of benzene rings is 1. The summed E-state index contributed by atoms with van der Waals surface area (Å²) < 4.78 is 37.8. The topological polar surface area (TPSA) is 89.7 Å². The van der Waals surface area contributed by atoms with E-state index in [4.69, 9.17) is 9.26 Å². The molecule has 0 unspecified atom stereocenters. The van der Waals surface area contributed by atoms with Crippen molar-refractivity contribution in [3.05, 3.63) is 46.8 Å². The Bertz CT molecular complexity index is 904. The number of aryl methyl sites for hydroxylation is 2. The van der Waals surface area contributed by atoms with E-state index in [-0.39, 0.29) is 16.5 Å². The van der Waals surface area contributed by atoms with Gasteiger partial charge in [0.15, 0.2) is 5.76 Å². The van der Waals surface area contributed by atoms with Crippen LogP contribution in [0.15, 0.2) is 33.7 Å². The Morgan fingerprint density at radius 3 is 2.72 bits per heavy atom. The molecule has 0 N–H and O–H groups in total. The molecule has 25 heavy (non-hydrogen) atoms. The molecule has 8 heteroatoms. The predicted octanol–water partition coefficient (Wildman–Crippen LogP) is 2.60. The van der Waals surface area contributed by atoms with Crippen LogP contribution < -0.4 is 0 Å². The van der Waals surface area contributed by atoms with Gasteiger partial charge in [-0.15, -0.1) is 0 Å². The van der Waals surface area contributed by atoms with Crippen LogP contribution in [0.5, 0.6) is 0 Å². The fourth-order valence-corrected chi connectivity index (χ4v) is 5.02. The van der Waals surface area contributed by atoms with Crippen molar-refractivity contribution in [2.24, 2.45) is 0 Å². The third-order valence-corrected chi connectivity index (χ3v) is 6.42. The smallest absolute Gasteiger partial charge is 0.337 e. The summed E-state index contributed by atoms with van der Waals surface area (Å²) in [5.41, 5.74) is 1.49. The second kappa shape index (κ2) is 6.61. The lowest BCUT2D eigenvalue weighted by Gasteiger charge is -2.23. The third kappa shape index (κ3) is 3.19. The Balaban J connectivity index is 2.02. The van der Waals surface area contributed by atoms with Gasteiger partial charge < -0.3 is 9.26 Å². The molecule has 1 aliphatic heterocycles. The van der Waals surface area contributed by atoms with E-state index in [1.165, 1.54) is 17.5 Å². The zero-order chi connectivity index (χ0) is 18.2. The summed E-state index contributed by atoms with van der Waals surface area (Å²) in [4.78, 5) is 11.9. The number of carbonyl (C=O) groups is 1. The highest BCUT2D eigenvalue weighted by molar-refractivity contribution is 7.89. The first-order chi connectivity index (χ1) is 11.8. The molecule has 0 radical (unpaired) electrons. The van der Waals surface area contributed by atoms with Gasteiger partial charge >= 0.3 is 5.97 Å². The molecule has 0 amide bonds. The van der Waals surface area contributed by atoms with Crippen molar-refractivity contribution < 1.29 is 22.5 Å². The zero-order valence-electron chi connectivity index (χ0n) is 14.4. The molecule has 1 fully saturated rings. The van der Waals surface area contributed by atoms with Gasteiger partial charge in [-0.3, -0.25) is 0 Å². The van der Waals surface area contributed by atoms with Gasteiger partial charge in [-0.25, -0.2) is 13.2 Å². The Morgan fingerprint density at radius 1 is 1.32 bits per heavy atom. The third-order valence-electron chi connectivity index (χ3n) is 4.37. The molecule has 3 rings (SSSR count). The molecule has 0 saturated carbocycles. The lowest BCUT2D eigenvalue weighted by atomic mass is 10.1. The monoisotopic (exact) mass is 364 g/mol. The SMILES string of the molecule is COC(=O)c1ccc(C)c(S(=O)(=O)N2CCC[C@@H]2c2cc(C)no2)c1. The quantitative estimate of drug-likeness (QED) is 0.775. The second-order valence-electron chi connectivity index (χ2n) is 6.12. The number of nitrogens with zero attached hydrogens (tertiary/aromatic N) is 2. The Hall–Kier alpha value is -2.19. The maximum atomic E-state index is 13.2. The molecular formula is C17H20N2O5S. The van der Waals surface area contributed by atoms with Crippen molar-refractivity contribution >= 4 is 16.0 Å². The minimum atomic E-state index is -3.78. The van der Waals surface area contributed by atoms with Crippen molar-refractivity contribution in [2.75, 3.05) is 13.7 Å². The molecule has 1 aromatic heterocycles. The van der Waals surface area contributed by atoms with E-state index < -0.39 is 16.0 Å². The summed E-state index contributed by atoms with van der Waals surface area (Å²) in [5.74, 6) is -0.0272. The summed E-state index contributed by atoms with van der Waals surface area (Å²) >= 11 is 0. The molecule has 0 aliphatic carbocycles. The van der Waals surface area contributed by atoms with Gasteiger partial charge in [0.05, 0.1) is 29.3 Å². The van der Waals surface area contributed by atoms with Gasteiger partial charge in [-0.05, 0) is 44.4 Å². The molecule has 1 saturated heterocycles. The molecule has 1 aliphatic rings. The van der Waals surface area contributed by atoms with Crippen LogP contribution in [-0.2, 0) is 14.8 Å². The van der Waals surface area contributed by atoms with E-state index in [1.54, 1.807) is 32.0 Å². The Morgan fingerprint density at radius 2 is 2.08 bits per heavy atom. The first-order valence-corrected chi connectivity index (χ1v) is 9.42. The van der Waals surface area contributed by atoms with E-state index in [2.05, 4.69) is 5.16 Å². The average molecular weight is 364 g/mol. The molecule has 1 aromatic carbocycles. The minimum Gasteiger partial charge on any atom is -0.465 e. The first kappa shape index (κ1) is 17.6. The molecule has 2 heterocycles. The minimum absolute atomic E-state index is 0.110. The number of hydrogen-bond donors (Lipinski definition) is 0. The molecule has 0 spiro atoms. The van der Waals surface area contributed by atoms with Crippen LogP contribution >= 0.6 is 0 Å². The molecule has 1 atom stereocenters. The van der Waals surface area contributed by atoms with Gasteiger partial charge in [0.25, 0.3) is 0 Å². The van der Waals surface area contributed by atoms with E-state index in [0.29, 0.717) is 30.0 Å². The lowest BCUT2D eigenvalue weighted by molar-refractivity contribution is 0.0600. The van der Waals surface area contributed by atoms with Crippen molar-refractivity contribution in [1.29, 1.82) is 0 Å². The van der Waals surface area contributed by atoms with Gasteiger partial charge in [0.1, 0.15) is 0 Å². The van der Waals surface area contributed by atoms with Crippen molar-refractivity contribution in [3.8, 4) is 0 Å². The maximum absolute atomic E-state index is 13.2. The summed E-state index contributed by atoms with van der Waals surface area (Å²) in [6, 6.07) is 5.92. The fourth-order valence-electron chi connectivity index (χ4n) is 3.10. The van der Waals surface area contributed by atoms with Crippen LogP contribution in [0.25, 0.3) is 0 Å². The highest BCUT2D eigenvalue weighted by atomic mass is 32.2. The van der Waals surface area contributed by atoms with E-state index >= 15 is 0 Å². The lowest BCUT2D eigenvalue weighted by Crippen LogP contribution is -2.31. The van der Waals surface area contributed by atoms with Crippen LogP contribution in [0.4, 0.5) is 0 Å². The number of esters is 1. The zero-order valence-corrected chi connectivity index (χ0v) is 15.2. The highest BCUT2D eigenvalue weighted by Gasteiger charge is 2.39. The van der Waals surface area contributed by atoms with Crippen LogP contribution in [0.2, 0.25) is 0 Å². The maximum Gasteiger partial charge on any atom is 0.337 e. The molecular weight excluding hydrogens is 344 g/mol. The van der Waals surface area contributed by atoms with Crippen LogP contribution in [0.3, 0.4) is 0 Å². The van der Waals surface area contributed by atoms with Gasteiger partial charge in [-0.2, -0.15) is 4.31 Å². The van der Waals surface area contributed by atoms with Crippen molar-refractivity contribution in [3.63, 3.8) is 0 Å². The number of aromatic nitrogens is 1. The second-order valence-corrected chi connectivity index (χ2v) is 7.98. The Kier molecular flexibility index (Phi) is 4.66. The molecule has 7 nitrogen and oxygen atoms in total. The van der Waals surface area contributed by atoms with Gasteiger partial charge in [0, 0.05) is 12.6 Å². The Labute approximate surface area is 146 Å². The highest BCUT2D eigenvalue weighted by Crippen LogP contribution is 2.37. The average Bonchev–Trinajstić information content (AvgIpc) is 3.23. The first-order valence-electron chi connectivity index (χ1n) is 7.98. The molecule has 134 valence electrons. The molecule has 0 bridgehead atoms. The number of sulfonamides is 1. The fraction of sp³-hybridized carbons (Fsp3) is 0.412. The van der Waals surface area contributed by atoms with E-state index in [1.807, 2.05) is 0 Å². The number of hydrogen-bond acceptors (Lipinski definition) is 6. The standard InChI is InChI=1S/C17H20N2O5S/c1-11-6-7-13(17(20)23-3)10-16(11)25(21,22)19-8-4-5-14(19)15-9-12(2)18-24-15/h6-7,9-10,14H,4-5,8H2,1-3H3/t14-/m1/s1. The van der Waals surface area contributed by atoms with Gasteiger partial charge in [0.2, 0.25) is 10.0 Å². The number of methoxy groups -OCH3 is 1. The normalized spacial score (nSPS) is 18.4. The van der Waals surface area contributed by atoms with Gasteiger partial charge in [-0.1, -0.05) is 11.2 Å². The summed E-state index contributed by atoms with van der Waals surface area (Å²) in [5, 5.41) is 3.86. The largest absolute Gasteiger partial charge is 0.465 e. The summed E-state index contributed by atoms with van der Waals surface area (Å²) in [6.07, 6.45) is 1.41. The van der Waals surface area contributed by atoms with Crippen LogP contribution in [0.1, 0.15) is 46.3 Å². The van der Waals surface area contributed by atoms with E-state index in [9.17, 15) is 13.2 Å². The van der Waals surface area contributed by atoms with Crippen LogP contribution in [-0.4, -0.2) is 37.5 Å². The van der Waals surface area contributed by atoms with Crippen molar-refractivity contribution in [1.82, 2.24) is 9.46 Å². The summed E-state index contributed by atoms with van der Waals surface area (Å²) in [6.45, 7) is 3.90. The van der Waals surface area contributed by atoms with Crippen LogP contribution in [0, 0.1) is 13.8 Å². The number of carbonyl (C=O) groups excluding carboxylic acids is 1. The predicted molar refractivity (Wildman–Crippen MR) is 89.6 cm³/mol. The van der Waals surface area contributed by atoms with E-state index in [0.717, 1.165) is 6.42 Å². The number of rotatable bonds is 4. The number of ether oxygens (including phenoxy) is 1. The summed E-state index contributed by atoms with van der Waals surface area (Å²) in [7, 11) is -2.52. The molecule has 2 aromatic rings. The van der Waals surface area contributed by atoms with Crippen molar-refractivity contribution in [2.45, 2.75) is 37.6 Å².